The highest BCUT2D eigenvalue weighted by atomic mass is 35.5. The van der Waals surface area contributed by atoms with E-state index in [4.69, 9.17) is 10.5 Å². The van der Waals surface area contributed by atoms with Gasteiger partial charge in [0.15, 0.2) is 0 Å². The quantitative estimate of drug-likeness (QED) is 0.420. The molecule has 34 heavy (non-hydrogen) atoms. The summed E-state index contributed by atoms with van der Waals surface area (Å²) < 4.78 is 5.99. The number of hydrogen-bond donors (Lipinski definition) is 3. The summed E-state index contributed by atoms with van der Waals surface area (Å²) in [6.07, 6.45) is 1.48. The van der Waals surface area contributed by atoms with Crippen molar-refractivity contribution in [3.05, 3.63) is 95.6 Å². The molecule has 4 rings (SSSR count). The largest absolute Gasteiger partial charge is 0.457 e. The van der Waals surface area contributed by atoms with E-state index in [-0.39, 0.29) is 30.3 Å². The Hall–Kier alpha value is -3.35. The summed E-state index contributed by atoms with van der Waals surface area (Å²) in [7, 11) is 0. The highest BCUT2D eigenvalue weighted by molar-refractivity contribution is 5.97. The van der Waals surface area contributed by atoms with E-state index in [0.29, 0.717) is 35.9 Å². The molecule has 0 bridgehead atoms. The molecule has 3 aromatic rings. The third kappa shape index (κ3) is 6.59. The molecule has 0 spiro atoms. The van der Waals surface area contributed by atoms with Gasteiger partial charge in [-0.3, -0.25) is 9.59 Å². The molecule has 1 aliphatic carbocycles. The van der Waals surface area contributed by atoms with Crippen LogP contribution in [0.4, 0.5) is 0 Å². The second kappa shape index (κ2) is 11.7. The summed E-state index contributed by atoms with van der Waals surface area (Å²) in [5.74, 6) is 1.12. The first-order valence-corrected chi connectivity index (χ1v) is 11.3. The molecule has 1 saturated carbocycles. The van der Waals surface area contributed by atoms with Gasteiger partial charge in [-0.1, -0.05) is 55.5 Å². The zero-order chi connectivity index (χ0) is 23.2. The van der Waals surface area contributed by atoms with Gasteiger partial charge < -0.3 is 21.1 Å². The maximum absolute atomic E-state index is 12.8. The molecule has 0 saturated heterocycles. The molecule has 1 aliphatic rings. The van der Waals surface area contributed by atoms with Crippen molar-refractivity contribution in [2.24, 2.45) is 5.73 Å². The number of benzene rings is 3. The van der Waals surface area contributed by atoms with Gasteiger partial charge in [0.2, 0.25) is 5.91 Å². The van der Waals surface area contributed by atoms with Gasteiger partial charge in [-0.25, -0.2) is 0 Å². The second-order valence-electron chi connectivity index (χ2n) is 8.35. The van der Waals surface area contributed by atoms with Crippen molar-refractivity contribution in [1.82, 2.24) is 10.6 Å². The van der Waals surface area contributed by atoms with E-state index < -0.39 is 6.04 Å². The van der Waals surface area contributed by atoms with Gasteiger partial charge in [-0.05, 0) is 54.3 Å². The van der Waals surface area contributed by atoms with Crippen molar-refractivity contribution >= 4 is 24.2 Å². The number of ether oxygens (including phenoxy) is 1. The molecule has 0 aromatic heterocycles. The molecule has 3 atom stereocenters. The van der Waals surface area contributed by atoms with Crippen LogP contribution < -0.4 is 21.1 Å². The van der Waals surface area contributed by atoms with Crippen LogP contribution in [0.25, 0.3) is 0 Å². The van der Waals surface area contributed by atoms with Crippen LogP contribution in [-0.4, -0.2) is 23.9 Å². The lowest BCUT2D eigenvalue weighted by molar-refractivity contribution is -0.123. The summed E-state index contributed by atoms with van der Waals surface area (Å²) in [5.41, 5.74) is 8.57. The smallest absolute Gasteiger partial charge is 0.252 e. The number of rotatable bonds is 9. The Kier molecular flexibility index (Phi) is 8.68. The van der Waals surface area contributed by atoms with E-state index in [1.165, 1.54) is 5.56 Å². The molecule has 0 radical (unpaired) electrons. The summed E-state index contributed by atoms with van der Waals surface area (Å²) >= 11 is 0. The zero-order valence-corrected chi connectivity index (χ0v) is 19.9. The van der Waals surface area contributed by atoms with Crippen LogP contribution in [0.3, 0.4) is 0 Å². The van der Waals surface area contributed by atoms with Gasteiger partial charge >= 0.3 is 0 Å². The molecule has 2 amide bonds. The minimum Gasteiger partial charge on any atom is -0.457 e. The van der Waals surface area contributed by atoms with Crippen LogP contribution in [0.5, 0.6) is 11.5 Å². The van der Waals surface area contributed by atoms with Crippen molar-refractivity contribution in [2.75, 3.05) is 0 Å². The maximum Gasteiger partial charge on any atom is 0.252 e. The summed E-state index contributed by atoms with van der Waals surface area (Å²) in [6.45, 7) is 2.28. The lowest BCUT2D eigenvalue weighted by atomic mass is 10.1. The molecule has 4 N–H and O–H groups in total. The molecule has 6 nitrogen and oxygen atoms in total. The lowest BCUT2D eigenvalue weighted by Crippen LogP contribution is -2.46. The Bertz CT molecular complexity index is 1120. The van der Waals surface area contributed by atoms with Gasteiger partial charge in [0.1, 0.15) is 17.5 Å². The number of carbonyl (C=O) groups excluding carboxylic acids is 2. The van der Waals surface area contributed by atoms with Crippen molar-refractivity contribution in [3.8, 4) is 11.5 Å². The predicted octanol–water partition coefficient (Wildman–Crippen LogP) is 4.54. The second-order valence-corrected chi connectivity index (χ2v) is 8.35. The number of halogens is 1. The Morgan fingerprint density at radius 3 is 2.35 bits per heavy atom. The summed E-state index contributed by atoms with van der Waals surface area (Å²) in [6, 6.07) is 24.1. The number of hydrogen-bond acceptors (Lipinski definition) is 4. The monoisotopic (exact) mass is 479 g/mol. The Morgan fingerprint density at radius 2 is 1.68 bits per heavy atom. The minimum absolute atomic E-state index is 0. The molecule has 0 aliphatic heterocycles. The fraction of sp³-hybridized carbons (Fsp3) is 0.259. The third-order valence-electron chi connectivity index (χ3n) is 5.80. The van der Waals surface area contributed by atoms with Gasteiger partial charge in [0.25, 0.3) is 5.91 Å². The van der Waals surface area contributed by atoms with Crippen molar-refractivity contribution in [3.63, 3.8) is 0 Å². The topological polar surface area (TPSA) is 93.4 Å². The first-order valence-electron chi connectivity index (χ1n) is 11.3. The fourth-order valence-corrected chi connectivity index (χ4v) is 3.75. The molecule has 3 unspecified atom stereocenters. The standard InChI is InChI=1S/C27H29N3O3.ClH/c1-2-25(27(32)29-17-18-8-4-3-5-9-18)30-26(31)20-11-7-13-22(15-20)33-21-12-6-10-19(14-21)23-16-24(23)28;/h3-15,23-25H,2,16-17,28H2,1H3,(H,29,32)(H,30,31);1H. The molecule has 7 heteroatoms. The van der Waals surface area contributed by atoms with Crippen molar-refractivity contribution in [2.45, 2.75) is 44.3 Å². The molecule has 178 valence electrons. The molecule has 0 heterocycles. The molecular formula is C27H30ClN3O3. The molecule has 3 aromatic carbocycles. The van der Waals surface area contributed by atoms with E-state index in [1.807, 2.05) is 55.5 Å². The van der Waals surface area contributed by atoms with Crippen molar-refractivity contribution in [1.29, 1.82) is 0 Å². The first-order chi connectivity index (χ1) is 16.0. The van der Waals surface area contributed by atoms with E-state index in [1.54, 1.807) is 24.3 Å². The highest BCUT2D eigenvalue weighted by Gasteiger charge is 2.34. The van der Waals surface area contributed by atoms with Crippen LogP contribution in [-0.2, 0) is 11.3 Å². The number of amides is 2. The summed E-state index contributed by atoms with van der Waals surface area (Å²) in [4.78, 5) is 25.4. The first kappa shape index (κ1) is 25.3. The average Bonchev–Trinajstić information content (AvgIpc) is 3.58. The van der Waals surface area contributed by atoms with Gasteiger partial charge in [0.05, 0.1) is 0 Å². The fourth-order valence-electron chi connectivity index (χ4n) is 3.75. The number of nitrogens with one attached hydrogen (secondary N) is 2. The van der Waals surface area contributed by atoms with Gasteiger partial charge in [-0.2, -0.15) is 0 Å². The number of nitrogens with two attached hydrogens (primary N) is 1. The lowest BCUT2D eigenvalue weighted by Gasteiger charge is -2.17. The average molecular weight is 480 g/mol. The Balaban J connectivity index is 0.00000324. The molecular weight excluding hydrogens is 450 g/mol. The highest BCUT2D eigenvalue weighted by Crippen LogP contribution is 2.40. The van der Waals surface area contributed by atoms with Crippen LogP contribution >= 0.6 is 12.4 Å². The SMILES string of the molecule is CCC(NC(=O)c1cccc(Oc2cccc(C3CC3N)c2)c1)C(=O)NCc1ccccc1.Cl. The maximum atomic E-state index is 12.8. The zero-order valence-electron chi connectivity index (χ0n) is 19.1. The van der Waals surface area contributed by atoms with E-state index in [2.05, 4.69) is 16.7 Å². The minimum atomic E-state index is -0.620. The predicted molar refractivity (Wildman–Crippen MR) is 135 cm³/mol. The number of carbonyl (C=O) groups is 2. The van der Waals surface area contributed by atoms with E-state index >= 15 is 0 Å². The van der Waals surface area contributed by atoms with Crippen LogP contribution in [0, 0.1) is 0 Å². The Labute approximate surface area is 206 Å². The van der Waals surface area contributed by atoms with Crippen LogP contribution in [0.2, 0.25) is 0 Å². The third-order valence-corrected chi connectivity index (χ3v) is 5.80. The van der Waals surface area contributed by atoms with Gasteiger partial charge in [-0.15, -0.1) is 12.4 Å². The molecule has 1 fully saturated rings. The summed E-state index contributed by atoms with van der Waals surface area (Å²) in [5, 5.41) is 5.71. The van der Waals surface area contributed by atoms with Gasteiger partial charge in [0, 0.05) is 24.1 Å². The van der Waals surface area contributed by atoms with Crippen molar-refractivity contribution < 1.29 is 14.3 Å². The van der Waals surface area contributed by atoms with E-state index in [0.717, 1.165) is 12.0 Å². The Morgan fingerprint density at radius 1 is 1.00 bits per heavy atom. The van der Waals surface area contributed by atoms with Crippen LogP contribution in [0.1, 0.15) is 47.2 Å². The van der Waals surface area contributed by atoms with Crippen LogP contribution in [0.15, 0.2) is 78.9 Å². The normalized spacial score (nSPS) is 17.1. The van der Waals surface area contributed by atoms with E-state index in [9.17, 15) is 9.59 Å².